The molecular weight excluding hydrogens is 262 g/mol. The lowest BCUT2D eigenvalue weighted by molar-refractivity contribution is 0.102. The van der Waals surface area contributed by atoms with Crippen LogP contribution in [-0.4, -0.2) is 10.9 Å². The van der Waals surface area contributed by atoms with Crippen molar-refractivity contribution in [3.05, 3.63) is 52.3 Å². The summed E-state index contributed by atoms with van der Waals surface area (Å²) in [6.07, 6.45) is 1.53. The molecule has 0 aliphatic heterocycles. The lowest BCUT2D eigenvalue weighted by Gasteiger charge is -2.08. The van der Waals surface area contributed by atoms with Crippen molar-refractivity contribution in [3.63, 3.8) is 0 Å². The minimum Gasteiger partial charge on any atom is -0.399 e. The van der Waals surface area contributed by atoms with E-state index in [4.69, 9.17) is 17.3 Å². The van der Waals surface area contributed by atoms with Gasteiger partial charge in [-0.1, -0.05) is 11.6 Å². The fraction of sp³-hybridized carbons (Fsp3) is 0.143. The van der Waals surface area contributed by atoms with E-state index in [9.17, 15) is 4.79 Å². The maximum absolute atomic E-state index is 12.1. The minimum atomic E-state index is -0.202. The molecule has 0 atom stereocenters. The third kappa shape index (κ3) is 3.03. The Bertz CT molecular complexity index is 641. The third-order valence-electron chi connectivity index (χ3n) is 2.80. The summed E-state index contributed by atoms with van der Waals surface area (Å²) in [5.74, 6) is -0.202. The van der Waals surface area contributed by atoms with Crippen LogP contribution in [0, 0.1) is 13.8 Å². The number of halogens is 1. The first-order chi connectivity index (χ1) is 8.97. The number of nitrogen functional groups attached to an aromatic ring is 1. The minimum absolute atomic E-state index is 0.202. The second kappa shape index (κ2) is 5.28. The average Bonchev–Trinajstić information content (AvgIpc) is 2.37. The summed E-state index contributed by atoms with van der Waals surface area (Å²) in [4.78, 5) is 16.0. The van der Waals surface area contributed by atoms with E-state index in [0.717, 1.165) is 11.1 Å². The predicted octanol–water partition coefficient (Wildman–Crippen LogP) is 3.19. The van der Waals surface area contributed by atoms with Gasteiger partial charge in [0.2, 0.25) is 0 Å². The largest absolute Gasteiger partial charge is 0.399 e. The Morgan fingerprint density at radius 1 is 1.26 bits per heavy atom. The molecule has 0 unspecified atom stereocenters. The lowest BCUT2D eigenvalue weighted by Crippen LogP contribution is -2.12. The molecule has 2 aromatic rings. The van der Waals surface area contributed by atoms with Gasteiger partial charge in [0.25, 0.3) is 5.91 Å². The zero-order chi connectivity index (χ0) is 14.0. The van der Waals surface area contributed by atoms with Crippen LogP contribution in [-0.2, 0) is 0 Å². The van der Waals surface area contributed by atoms with Gasteiger partial charge in [-0.3, -0.25) is 4.79 Å². The number of amides is 1. The Kier molecular flexibility index (Phi) is 3.71. The number of nitrogens with zero attached hydrogens (tertiary/aromatic N) is 1. The SMILES string of the molecule is Cc1cc(C(=O)Nc2cnc(Cl)c(C)c2)ccc1N. The van der Waals surface area contributed by atoms with Crippen LogP contribution >= 0.6 is 11.6 Å². The highest BCUT2D eigenvalue weighted by molar-refractivity contribution is 6.30. The van der Waals surface area contributed by atoms with E-state index in [2.05, 4.69) is 10.3 Å². The number of hydrogen-bond donors (Lipinski definition) is 2. The van der Waals surface area contributed by atoms with Crippen LogP contribution in [0.2, 0.25) is 5.15 Å². The van der Waals surface area contributed by atoms with E-state index in [-0.39, 0.29) is 5.91 Å². The molecule has 0 aliphatic rings. The Balaban J connectivity index is 2.20. The Morgan fingerprint density at radius 3 is 2.63 bits per heavy atom. The van der Waals surface area contributed by atoms with Gasteiger partial charge in [0, 0.05) is 11.3 Å². The molecule has 0 bridgehead atoms. The number of nitrogens with two attached hydrogens (primary N) is 1. The van der Waals surface area contributed by atoms with Gasteiger partial charge in [-0.15, -0.1) is 0 Å². The zero-order valence-corrected chi connectivity index (χ0v) is 11.5. The van der Waals surface area contributed by atoms with Gasteiger partial charge in [0.15, 0.2) is 0 Å². The summed E-state index contributed by atoms with van der Waals surface area (Å²) < 4.78 is 0. The molecule has 1 aromatic carbocycles. The maximum atomic E-state index is 12.1. The molecule has 3 N–H and O–H groups in total. The number of benzene rings is 1. The highest BCUT2D eigenvalue weighted by Gasteiger charge is 2.08. The highest BCUT2D eigenvalue weighted by Crippen LogP contribution is 2.18. The standard InChI is InChI=1S/C14H14ClN3O/c1-8-5-10(3-4-12(8)16)14(19)18-11-6-9(2)13(15)17-7-11/h3-7H,16H2,1-2H3,(H,18,19). The smallest absolute Gasteiger partial charge is 0.255 e. The molecule has 98 valence electrons. The number of pyridine rings is 1. The second-order valence-corrected chi connectivity index (χ2v) is 4.72. The zero-order valence-electron chi connectivity index (χ0n) is 10.7. The molecule has 0 saturated heterocycles. The Hall–Kier alpha value is -2.07. The average molecular weight is 276 g/mol. The van der Waals surface area contributed by atoms with Crippen LogP contribution < -0.4 is 11.1 Å². The molecule has 2 rings (SSSR count). The van der Waals surface area contributed by atoms with Crippen molar-refractivity contribution in [2.24, 2.45) is 0 Å². The third-order valence-corrected chi connectivity index (χ3v) is 3.20. The molecule has 1 amide bonds. The number of carbonyl (C=O) groups excluding carboxylic acids is 1. The first kappa shape index (κ1) is 13.4. The van der Waals surface area contributed by atoms with E-state index >= 15 is 0 Å². The molecule has 1 heterocycles. The molecule has 0 saturated carbocycles. The number of nitrogens with one attached hydrogen (secondary N) is 1. The normalized spacial score (nSPS) is 10.3. The second-order valence-electron chi connectivity index (χ2n) is 4.36. The van der Waals surface area contributed by atoms with Crippen molar-refractivity contribution in [2.45, 2.75) is 13.8 Å². The first-order valence-corrected chi connectivity index (χ1v) is 6.15. The van der Waals surface area contributed by atoms with Gasteiger partial charge < -0.3 is 11.1 Å². The molecular formula is C14H14ClN3O. The van der Waals surface area contributed by atoms with Gasteiger partial charge in [0.05, 0.1) is 11.9 Å². The van der Waals surface area contributed by atoms with Gasteiger partial charge in [-0.2, -0.15) is 0 Å². The quantitative estimate of drug-likeness (QED) is 0.653. The lowest BCUT2D eigenvalue weighted by atomic mass is 10.1. The van der Waals surface area contributed by atoms with Crippen molar-refractivity contribution < 1.29 is 4.79 Å². The van der Waals surface area contributed by atoms with Crippen LogP contribution in [0.4, 0.5) is 11.4 Å². The number of hydrogen-bond acceptors (Lipinski definition) is 3. The Labute approximate surface area is 116 Å². The van der Waals surface area contributed by atoms with E-state index < -0.39 is 0 Å². The summed E-state index contributed by atoms with van der Waals surface area (Å²) in [5.41, 5.74) is 9.24. The van der Waals surface area contributed by atoms with E-state index in [1.807, 2.05) is 13.8 Å². The first-order valence-electron chi connectivity index (χ1n) is 5.77. The summed E-state index contributed by atoms with van der Waals surface area (Å²) in [5, 5.41) is 3.20. The summed E-state index contributed by atoms with van der Waals surface area (Å²) in [7, 11) is 0. The van der Waals surface area contributed by atoms with Crippen LogP contribution in [0.3, 0.4) is 0 Å². The number of aromatic nitrogens is 1. The Morgan fingerprint density at radius 2 is 2.00 bits per heavy atom. The summed E-state index contributed by atoms with van der Waals surface area (Å²) >= 11 is 5.83. The fourth-order valence-corrected chi connectivity index (χ4v) is 1.75. The van der Waals surface area contributed by atoms with Crippen LogP contribution in [0.25, 0.3) is 0 Å². The van der Waals surface area contributed by atoms with Crippen molar-refractivity contribution >= 4 is 28.9 Å². The van der Waals surface area contributed by atoms with E-state index in [1.54, 1.807) is 24.3 Å². The van der Waals surface area contributed by atoms with Crippen LogP contribution in [0.5, 0.6) is 0 Å². The van der Waals surface area contributed by atoms with E-state index in [0.29, 0.717) is 22.1 Å². The molecule has 0 spiro atoms. The van der Waals surface area contributed by atoms with Gasteiger partial charge in [-0.25, -0.2) is 4.98 Å². The van der Waals surface area contributed by atoms with Crippen LogP contribution in [0.15, 0.2) is 30.5 Å². The number of aryl methyl sites for hydroxylation is 2. The van der Waals surface area contributed by atoms with Crippen molar-refractivity contribution in [1.82, 2.24) is 4.98 Å². The highest BCUT2D eigenvalue weighted by atomic mass is 35.5. The molecule has 0 aliphatic carbocycles. The number of carbonyl (C=O) groups is 1. The molecule has 5 heteroatoms. The predicted molar refractivity (Wildman–Crippen MR) is 77.5 cm³/mol. The van der Waals surface area contributed by atoms with Gasteiger partial charge in [-0.05, 0) is 49.2 Å². The molecule has 4 nitrogen and oxygen atoms in total. The van der Waals surface area contributed by atoms with Gasteiger partial charge in [0.1, 0.15) is 5.15 Å². The summed E-state index contributed by atoms with van der Waals surface area (Å²) in [6.45, 7) is 3.69. The number of rotatable bonds is 2. The number of anilines is 2. The van der Waals surface area contributed by atoms with E-state index in [1.165, 1.54) is 6.20 Å². The maximum Gasteiger partial charge on any atom is 0.255 e. The van der Waals surface area contributed by atoms with Crippen molar-refractivity contribution in [1.29, 1.82) is 0 Å². The van der Waals surface area contributed by atoms with Crippen molar-refractivity contribution in [2.75, 3.05) is 11.1 Å². The molecule has 1 aromatic heterocycles. The molecule has 0 fully saturated rings. The van der Waals surface area contributed by atoms with Crippen LogP contribution in [0.1, 0.15) is 21.5 Å². The fourth-order valence-electron chi connectivity index (χ4n) is 1.65. The van der Waals surface area contributed by atoms with Crippen molar-refractivity contribution in [3.8, 4) is 0 Å². The molecule has 0 radical (unpaired) electrons. The summed E-state index contributed by atoms with van der Waals surface area (Å²) in [6, 6.07) is 6.93. The van der Waals surface area contributed by atoms with Gasteiger partial charge >= 0.3 is 0 Å². The molecule has 19 heavy (non-hydrogen) atoms. The monoisotopic (exact) mass is 275 g/mol. The topological polar surface area (TPSA) is 68.0 Å².